The zero-order valence-corrected chi connectivity index (χ0v) is 25.7. The summed E-state index contributed by atoms with van der Waals surface area (Å²) in [5.74, 6) is 0.833. The van der Waals surface area contributed by atoms with Gasteiger partial charge < -0.3 is 14.5 Å². The van der Waals surface area contributed by atoms with Crippen molar-refractivity contribution in [2.75, 3.05) is 18.5 Å². The molecule has 4 nitrogen and oxygen atoms in total. The Labute approximate surface area is 261 Å². The molecule has 5 aromatic rings. The van der Waals surface area contributed by atoms with Crippen molar-refractivity contribution in [1.29, 1.82) is 0 Å². The molecule has 0 radical (unpaired) electrons. The van der Waals surface area contributed by atoms with Gasteiger partial charge in [0.15, 0.2) is 0 Å². The summed E-state index contributed by atoms with van der Waals surface area (Å²) >= 11 is 0. The van der Waals surface area contributed by atoms with Gasteiger partial charge in [0.05, 0.1) is 5.69 Å². The Bertz CT molecular complexity index is 1670. The van der Waals surface area contributed by atoms with Crippen LogP contribution in [0.15, 0.2) is 157 Å². The van der Waals surface area contributed by atoms with Crippen LogP contribution in [0, 0.1) is 0 Å². The number of allylic oxidation sites excluding steroid dienone is 1. The van der Waals surface area contributed by atoms with E-state index in [9.17, 15) is 0 Å². The summed E-state index contributed by atoms with van der Waals surface area (Å²) in [5, 5.41) is 0. The highest BCUT2D eigenvalue weighted by molar-refractivity contribution is 5.87. The highest BCUT2D eigenvalue weighted by Gasteiger charge is 2.14. The van der Waals surface area contributed by atoms with Gasteiger partial charge in [-0.2, -0.15) is 4.99 Å². The molecule has 0 aliphatic carbocycles. The first-order valence-electron chi connectivity index (χ1n) is 15.1. The van der Waals surface area contributed by atoms with Gasteiger partial charge in [-0.15, -0.1) is 0 Å². The molecule has 5 rings (SSSR count). The van der Waals surface area contributed by atoms with Crippen molar-refractivity contribution < 1.29 is 4.74 Å². The lowest BCUT2D eigenvalue weighted by Crippen LogP contribution is -2.28. The maximum Gasteiger partial charge on any atom is 0.297 e. The van der Waals surface area contributed by atoms with Crippen LogP contribution < -0.4 is 4.90 Å². The molecule has 0 N–H and O–H groups in total. The number of anilines is 3. The van der Waals surface area contributed by atoms with Crippen molar-refractivity contribution >= 4 is 40.4 Å². The Morgan fingerprint density at radius 1 is 0.682 bits per heavy atom. The minimum absolute atomic E-state index is 0.546. The van der Waals surface area contributed by atoms with Crippen molar-refractivity contribution in [2.45, 2.75) is 20.3 Å². The van der Waals surface area contributed by atoms with E-state index in [1.807, 2.05) is 60.5 Å². The van der Waals surface area contributed by atoms with Crippen LogP contribution in [0.5, 0.6) is 0 Å². The van der Waals surface area contributed by atoms with Crippen LogP contribution in [-0.4, -0.2) is 24.5 Å². The van der Waals surface area contributed by atoms with Gasteiger partial charge in [0, 0.05) is 42.6 Å². The van der Waals surface area contributed by atoms with E-state index in [0.717, 1.165) is 63.7 Å². The molecular formula is C40H39N3O. The Balaban J connectivity index is 1.43. The first kappa shape index (κ1) is 30.1. The second-order valence-electron chi connectivity index (χ2n) is 10.4. The van der Waals surface area contributed by atoms with E-state index in [1.54, 1.807) is 0 Å². The standard InChI is InChI=1S/C40H39N3O/c1-5-37(30-32-26-28-36(29-27-32)43(34-20-12-8-13-21-34)35-22-14-9-15-23-35)44-40(42(4)6-2)41-39-25-17-16-24-38(39)31(3)33-18-10-7-11-19-33/h7-30H,3,5-6H2,1-2,4H3/b37-30+,41-40?. The molecule has 0 saturated carbocycles. The molecule has 220 valence electrons. The fourth-order valence-corrected chi connectivity index (χ4v) is 4.87. The minimum atomic E-state index is 0.546. The first-order valence-corrected chi connectivity index (χ1v) is 15.1. The van der Waals surface area contributed by atoms with Gasteiger partial charge in [0.25, 0.3) is 6.02 Å². The molecule has 0 heterocycles. The van der Waals surface area contributed by atoms with Gasteiger partial charge in [0.2, 0.25) is 0 Å². The third kappa shape index (κ3) is 7.34. The highest BCUT2D eigenvalue weighted by atomic mass is 16.5. The third-order valence-electron chi connectivity index (χ3n) is 7.45. The van der Waals surface area contributed by atoms with Crippen molar-refractivity contribution in [3.63, 3.8) is 0 Å². The molecule has 0 saturated heterocycles. The Morgan fingerprint density at radius 2 is 1.20 bits per heavy atom. The lowest BCUT2D eigenvalue weighted by Gasteiger charge is -2.25. The van der Waals surface area contributed by atoms with Crippen molar-refractivity contribution in [3.8, 4) is 0 Å². The molecule has 0 bridgehead atoms. The summed E-state index contributed by atoms with van der Waals surface area (Å²) < 4.78 is 6.51. The Hall–Kier alpha value is -5.35. The number of nitrogens with zero attached hydrogens (tertiary/aromatic N) is 3. The second kappa shape index (κ2) is 14.7. The van der Waals surface area contributed by atoms with E-state index in [1.165, 1.54) is 0 Å². The van der Waals surface area contributed by atoms with E-state index < -0.39 is 0 Å². The number of para-hydroxylation sites is 3. The van der Waals surface area contributed by atoms with Crippen molar-refractivity contribution in [2.24, 2.45) is 4.99 Å². The fourth-order valence-electron chi connectivity index (χ4n) is 4.87. The van der Waals surface area contributed by atoms with Gasteiger partial charge in [0.1, 0.15) is 5.76 Å². The molecule has 0 unspecified atom stereocenters. The van der Waals surface area contributed by atoms with Gasteiger partial charge in [-0.3, -0.25) is 0 Å². The lowest BCUT2D eigenvalue weighted by atomic mass is 9.98. The van der Waals surface area contributed by atoms with Gasteiger partial charge in [-0.25, -0.2) is 0 Å². The van der Waals surface area contributed by atoms with Crippen LogP contribution in [-0.2, 0) is 4.74 Å². The van der Waals surface area contributed by atoms with Crippen molar-refractivity contribution in [3.05, 3.63) is 169 Å². The van der Waals surface area contributed by atoms with Gasteiger partial charge in [-0.05, 0) is 72.2 Å². The molecule has 4 heteroatoms. The topological polar surface area (TPSA) is 28.1 Å². The van der Waals surface area contributed by atoms with Crippen molar-refractivity contribution in [1.82, 2.24) is 4.90 Å². The molecule has 44 heavy (non-hydrogen) atoms. The normalized spacial score (nSPS) is 11.6. The van der Waals surface area contributed by atoms with E-state index in [4.69, 9.17) is 9.73 Å². The van der Waals surface area contributed by atoms with Crippen LogP contribution in [0.25, 0.3) is 11.6 Å². The highest BCUT2D eigenvalue weighted by Crippen LogP contribution is 2.34. The molecular weight excluding hydrogens is 538 g/mol. The molecule has 0 aromatic heterocycles. The monoisotopic (exact) mass is 577 g/mol. The largest absolute Gasteiger partial charge is 0.430 e. The number of amidine groups is 1. The van der Waals surface area contributed by atoms with E-state index in [2.05, 4.69) is 122 Å². The maximum absolute atomic E-state index is 6.51. The van der Waals surface area contributed by atoms with E-state index in [-0.39, 0.29) is 0 Å². The molecule has 0 aliphatic heterocycles. The van der Waals surface area contributed by atoms with Gasteiger partial charge in [-0.1, -0.05) is 111 Å². The third-order valence-corrected chi connectivity index (χ3v) is 7.45. The number of hydrogen-bond donors (Lipinski definition) is 0. The van der Waals surface area contributed by atoms with Gasteiger partial charge >= 0.3 is 0 Å². The molecule has 0 atom stereocenters. The average molecular weight is 578 g/mol. The van der Waals surface area contributed by atoms with Crippen LogP contribution in [0.3, 0.4) is 0 Å². The number of aliphatic imine (C=N–C) groups is 1. The Morgan fingerprint density at radius 3 is 1.77 bits per heavy atom. The fraction of sp³-hybridized carbons (Fsp3) is 0.125. The number of rotatable bonds is 10. The van der Waals surface area contributed by atoms with Crippen LogP contribution in [0.2, 0.25) is 0 Å². The summed E-state index contributed by atoms with van der Waals surface area (Å²) in [5.41, 5.74) is 8.15. The zero-order valence-electron chi connectivity index (χ0n) is 25.7. The first-order chi connectivity index (χ1) is 21.6. The number of benzene rings is 5. The molecule has 0 spiro atoms. The summed E-state index contributed by atoms with van der Waals surface area (Å²) in [6.07, 6.45) is 2.81. The molecule has 0 aliphatic rings. The number of hydrogen-bond acceptors (Lipinski definition) is 3. The predicted molar refractivity (Wildman–Crippen MR) is 187 cm³/mol. The minimum Gasteiger partial charge on any atom is -0.430 e. The lowest BCUT2D eigenvalue weighted by molar-refractivity contribution is 0.319. The quantitative estimate of drug-likeness (QED) is 0.0939. The summed E-state index contributed by atoms with van der Waals surface area (Å²) in [4.78, 5) is 9.30. The zero-order chi connectivity index (χ0) is 30.7. The average Bonchev–Trinajstić information content (AvgIpc) is 3.09. The van der Waals surface area contributed by atoms with E-state index in [0.29, 0.717) is 6.02 Å². The SMILES string of the molecule is C=C(c1ccccc1)c1ccccc1N=C(O/C(=C/c1ccc(N(c2ccccc2)c2ccccc2)cc1)CC)N(C)CC. The Kier molecular flexibility index (Phi) is 10.1. The smallest absolute Gasteiger partial charge is 0.297 e. The summed E-state index contributed by atoms with van der Waals surface area (Å²) in [6.45, 7) is 9.32. The van der Waals surface area contributed by atoms with Crippen LogP contribution in [0.1, 0.15) is 37.0 Å². The summed E-state index contributed by atoms with van der Waals surface area (Å²) in [6, 6.07) is 48.2. The second-order valence-corrected chi connectivity index (χ2v) is 10.4. The van der Waals surface area contributed by atoms with Crippen LogP contribution >= 0.6 is 0 Å². The maximum atomic E-state index is 6.51. The number of ether oxygens (including phenoxy) is 1. The molecule has 0 amide bonds. The molecule has 5 aromatic carbocycles. The van der Waals surface area contributed by atoms with E-state index >= 15 is 0 Å². The predicted octanol–water partition coefficient (Wildman–Crippen LogP) is 10.6. The molecule has 0 fully saturated rings. The summed E-state index contributed by atoms with van der Waals surface area (Å²) in [7, 11) is 2.00. The van der Waals surface area contributed by atoms with Crippen LogP contribution in [0.4, 0.5) is 22.7 Å².